The second-order valence-electron chi connectivity index (χ2n) is 4.53. The van der Waals surface area contributed by atoms with E-state index in [2.05, 4.69) is 0 Å². The Bertz CT molecular complexity index is 694. The summed E-state index contributed by atoms with van der Waals surface area (Å²) in [6.07, 6.45) is 2.39. The van der Waals surface area contributed by atoms with Gasteiger partial charge < -0.3 is 4.42 Å². The average molecular weight is 270 g/mol. The Morgan fingerprint density at radius 2 is 2.16 bits per heavy atom. The molecule has 0 aliphatic rings. The highest BCUT2D eigenvalue weighted by Crippen LogP contribution is 2.30. The predicted molar refractivity (Wildman–Crippen MR) is 77.9 cm³/mol. The Kier molecular flexibility index (Phi) is 3.22. The van der Waals surface area contributed by atoms with Crippen LogP contribution < -0.4 is 0 Å². The van der Waals surface area contributed by atoms with E-state index in [1.807, 2.05) is 48.0 Å². The first-order chi connectivity index (χ1) is 9.31. The fourth-order valence-electron chi connectivity index (χ4n) is 2.40. The van der Waals surface area contributed by atoms with Crippen LogP contribution >= 0.6 is 11.3 Å². The van der Waals surface area contributed by atoms with Crippen LogP contribution in [0.25, 0.3) is 11.0 Å². The van der Waals surface area contributed by atoms with Gasteiger partial charge in [-0.2, -0.15) is 11.3 Å². The van der Waals surface area contributed by atoms with Crippen molar-refractivity contribution in [3.63, 3.8) is 0 Å². The normalized spacial score (nSPS) is 12.7. The summed E-state index contributed by atoms with van der Waals surface area (Å²) in [5.41, 5.74) is 2.56. The monoisotopic (exact) mass is 270 g/mol. The number of carbonyl (C=O) groups is 1. The van der Waals surface area contributed by atoms with Gasteiger partial charge in [0.2, 0.25) is 0 Å². The number of fused-ring (bicyclic) bond motifs is 1. The molecule has 96 valence electrons. The van der Waals surface area contributed by atoms with Gasteiger partial charge in [0.15, 0.2) is 5.78 Å². The molecule has 0 N–H and O–H groups in total. The van der Waals surface area contributed by atoms with Gasteiger partial charge in [0.05, 0.1) is 5.56 Å². The van der Waals surface area contributed by atoms with E-state index in [4.69, 9.17) is 4.42 Å². The molecular formula is C16H14O2S. The Labute approximate surface area is 115 Å². The van der Waals surface area contributed by atoms with Crippen molar-refractivity contribution in [2.24, 2.45) is 0 Å². The van der Waals surface area contributed by atoms with Gasteiger partial charge in [-0.3, -0.25) is 4.79 Å². The van der Waals surface area contributed by atoms with E-state index >= 15 is 0 Å². The summed E-state index contributed by atoms with van der Waals surface area (Å²) in [7, 11) is 0. The fourth-order valence-corrected chi connectivity index (χ4v) is 3.12. The average Bonchev–Trinajstić information content (AvgIpc) is 3.08. The van der Waals surface area contributed by atoms with Crippen LogP contribution in [0.1, 0.15) is 35.2 Å². The quantitative estimate of drug-likeness (QED) is 0.633. The summed E-state index contributed by atoms with van der Waals surface area (Å²) in [6, 6.07) is 9.69. The summed E-state index contributed by atoms with van der Waals surface area (Å²) < 4.78 is 5.46. The lowest BCUT2D eigenvalue weighted by atomic mass is 9.90. The molecule has 0 aliphatic heterocycles. The Hall–Kier alpha value is -1.87. The summed E-state index contributed by atoms with van der Waals surface area (Å²) in [6.45, 7) is 2.04. The number of rotatable bonds is 4. The van der Waals surface area contributed by atoms with Gasteiger partial charge in [0, 0.05) is 11.3 Å². The van der Waals surface area contributed by atoms with Gasteiger partial charge in [-0.1, -0.05) is 25.1 Å². The van der Waals surface area contributed by atoms with E-state index < -0.39 is 0 Å². The van der Waals surface area contributed by atoms with Crippen molar-refractivity contribution < 1.29 is 9.21 Å². The van der Waals surface area contributed by atoms with Crippen molar-refractivity contribution >= 4 is 28.1 Å². The molecule has 19 heavy (non-hydrogen) atoms. The number of thiophene rings is 1. The number of hydrogen-bond acceptors (Lipinski definition) is 3. The zero-order valence-corrected chi connectivity index (χ0v) is 11.4. The second kappa shape index (κ2) is 5.02. The highest BCUT2D eigenvalue weighted by molar-refractivity contribution is 7.08. The molecule has 0 fully saturated rings. The van der Waals surface area contributed by atoms with Gasteiger partial charge in [0.1, 0.15) is 11.8 Å². The van der Waals surface area contributed by atoms with Gasteiger partial charge in [-0.25, -0.2) is 0 Å². The summed E-state index contributed by atoms with van der Waals surface area (Å²) in [5.74, 6) is 0.0677. The first kappa shape index (κ1) is 12.2. The van der Waals surface area contributed by atoms with Crippen LogP contribution in [0, 0.1) is 0 Å². The topological polar surface area (TPSA) is 30.2 Å². The van der Waals surface area contributed by atoms with Crippen molar-refractivity contribution in [3.05, 3.63) is 58.5 Å². The molecule has 2 nitrogen and oxygen atoms in total. The number of ketones is 1. The van der Waals surface area contributed by atoms with Crippen LogP contribution in [0.4, 0.5) is 0 Å². The molecule has 0 radical (unpaired) electrons. The molecular weight excluding hydrogens is 256 g/mol. The Morgan fingerprint density at radius 1 is 1.32 bits per heavy atom. The van der Waals surface area contributed by atoms with Crippen molar-refractivity contribution in [1.29, 1.82) is 0 Å². The van der Waals surface area contributed by atoms with Crippen LogP contribution in [0.5, 0.6) is 0 Å². The number of benzene rings is 1. The van der Waals surface area contributed by atoms with E-state index in [1.165, 1.54) is 0 Å². The van der Waals surface area contributed by atoms with Gasteiger partial charge in [-0.05, 0) is 34.9 Å². The fraction of sp³-hybridized carbons (Fsp3) is 0.188. The number of furan rings is 1. The maximum atomic E-state index is 12.7. The van der Waals surface area contributed by atoms with Crippen LogP contribution in [-0.4, -0.2) is 5.78 Å². The maximum absolute atomic E-state index is 12.7. The van der Waals surface area contributed by atoms with E-state index in [-0.39, 0.29) is 11.7 Å². The van der Waals surface area contributed by atoms with Crippen molar-refractivity contribution in [1.82, 2.24) is 0 Å². The minimum absolute atomic E-state index is 0.0766. The van der Waals surface area contributed by atoms with Crippen molar-refractivity contribution in [3.8, 4) is 0 Å². The van der Waals surface area contributed by atoms with E-state index in [0.717, 1.165) is 23.0 Å². The third-order valence-electron chi connectivity index (χ3n) is 3.42. The molecule has 1 aromatic carbocycles. The summed E-state index contributed by atoms with van der Waals surface area (Å²) in [5, 5.41) is 4.97. The summed E-state index contributed by atoms with van der Waals surface area (Å²) in [4.78, 5) is 12.7. The predicted octanol–water partition coefficient (Wildman–Crippen LogP) is 4.87. The zero-order valence-electron chi connectivity index (χ0n) is 10.6. The van der Waals surface area contributed by atoms with Gasteiger partial charge >= 0.3 is 0 Å². The minimum Gasteiger partial charge on any atom is -0.464 e. The SMILES string of the molecule is CCC(C(=O)c1coc2ccccc12)c1ccsc1. The third kappa shape index (κ3) is 2.10. The number of para-hydroxylation sites is 1. The maximum Gasteiger partial charge on any atom is 0.174 e. The Morgan fingerprint density at radius 3 is 2.89 bits per heavy atom. The minimum atomic E-state index is -0.0766. The van der Waals surface area contributed by atoms with Crippen LogP contribution in [-0.2, 0) is 0 Å². The highest BCUT2D eigenvalue weighted by atomic mass is 32.1. The molecule has 0 aliphatic carbocycles. The molecule has 0 amide bonds. The molecule has 1 atom stereocenters. The lowest BCUT2D eigenvalue weighted by Crippen LogP contribution is -2.11. The molecule has 1 unspecified atom stereocenters. The molecule has 2 aromatic heterocycles. The van der Waals surface area contributed by atoms with Crippen LogP contribution in [0.3, 0.4) is 0 Å². The number of hydrogen-bond donors (Lipinski definition) is 0. The van der Waals surface area contributed by atoms with E-state index in [9.17, 15) is 4.79 Å². The lowest BCUT2D eigenvalue weighted by molar-refractivity contribution is 0.0958. The third-order valence-corrected chi connectivity index (χ3v) is 4.12. The Balaban J connectivity index is 2.03. The number of carbonyl (C=O) groups excluding carboxylic acids is 1. The molecule has 0 saturated carbocycles. The van der Waals surface area contributed by atoms with E-state index in [1.54, 1.807) is 17.6 Å². The number of Topliss-reactive ketones (excluding diaryl/α,β-unsaturated/α-hetero) is 1. The zero-order chi connectivity index (χ0) is 13.2. The van der Waals surface area contributed by atoms with Gasteiger partial charge in [0.25, 0.3) is 0 Å². The van der Waals surface area contributed by atoms with Crippen molar-refractivity contribution in [2.75, 3.05) is 0 Å². The largest absolute Gasteiger partial charge is 0.464 e. The smallest absolute Gasteiger partial charge is 0.174 e. The molecule has 3 heteroatoms. The standard InChI is InChI=1S/C16H14O2S/c1-2-12(11-7-8-19-10-11)16(17)14-9-18-15-6-4-3-5-13(14)15/h3-10,12H,2H2,1H3. The van der Waals surface area contributed by atoms with Gasteiger partial charge in [-0.15, -0.1) is 0 Å². The molecule has 2 heterocycles. The van der Waals surface area contributed by atoms with Crippen LogP contribution in [0.2, 0.25) is 0 Å². The summed E-state index contributed by atoms with van der Waals surface area (Å²) >= 11 is 1.63. The molecule has 0 bridgehead atoms. The van der Waals surface area contributed by atoms with E-state index in [0.29, 0.717) is 5.56 Å². The molecule has 3 rings (SSSR count). The molecule has 0 spiro atoms. The first-order valence-electron chi connectivity index (χ1n) is 6.33. The molecule has 0 saturated heterocycles. The first-order valence-corrected chi connectivity index (χ1v) is 7.28. The lowest BCUT2D eigenvalue weighted by Gasteiger charge is -2.11. The van der Waals surface area contributed by atoms with Crippen LogP contribution in [0.15, 0.2) is 51.8 Å². The van der Waals surface area contributed by atoms with Crippen molar-refractivity contribution in [2.45, 2.75) is 19.3 Å². The molecule has 3 aromatic rings. The second-order valence-corrected chi connectivity index (χ2v) is 5.31. The highest BCUT2D eigenvalue weighted by Gasteiger charge is 2.23.